The van der Waals surface area contributed by atoms with Crippen molar-refractivity contribution >= 4 is 0 Å². The van der Waals surface area contributed by atoms with Crippen molar-refractivity contribution in [1.29, 1.82) is 0 Å². The van der Waals surface area contributed by atoms with E-state index in [2.05, 4.69) is 32.3 Å². The SMILES string of the molecule is CC(NCC1CCCCN1)c1nnc2n1CCC2. The molecule has 0 amide bonds. The third-order valence-corrected chi connectivity index (χ3v) is 4.11. The highest BCUT2D eigenvalue weighted by molar-refractivity contribution is 5.04. The van der Waals surface area contributed by atoms with Gasteiger partial charge in [0.2, 0.25) is 0 Å². The Hall–Kier alpha value is -0.940. The number of nitrogens with one attached hydrogen (secondary N) is 2. The zero-order valence-electron chi connectivity index (χ0n) is 11.2. The fraction of sp³-hybridized carbons (Fsp3) is 0.846. The summed E-state index contributed by atoms with van der Waals surface area (Å²) in [5.74, 6) is 2.27. The minimum absolute atomic E-state index is 0.299. The lowest BCUT2D eigenvalue weighted by atomic mass is 10.0. The molecule has 0 aliphatic carbocycles. The van der Waals surface area contributed by atoms with Crippen LogP contribution in [0.4, 0.5) is 0 Å². The molecule has 0 radical (unpaired) electrons. The third kappa shape index (κ3) is 2.42. The van der Waals surface area contributed by atoms with E-state index in [0.29, 0.717) is 12.1 Å². The van der Waals surface area contributed by atoms with E-state index in [0.717, 1.165) is 31.2 Å². The van der Waals surface area contributed by atoms with Crippen LogP contribution in [0.1, 0.15) is 50.3 Å². The van der Waals surface area contributed by atoms with E-state index in [4.69, 9.17) is 0 Å². The average Bonchev–Trinajstić information content (AvgIpc) is 2.99. The molecule has 3 rings (SSSR count). The average molecular weight is 249 g/mol. The van der Waals surface area contributed by atoms with Crippen LogP contribution < -0.4 is 10.6 Å². The quantitative estimate of drug-likeness (QED) is 0.836. The first-order valence-electron chi connectivity index (χ1n) is 7.23. The number of fused-ring (bicyclic) bond motifs is 1. The minimum atomic E-state index is 0.299. The Bertz CT molecular complexity index is 394. The number of rotatable bonds is 4. The van der Waals surface area contributed by atoms with Crippen LogP contribution in [0, 0.1) is 0 Å². The second kappa shape index (κ2) is 5.36. The molecule has 0 saturated carbocycles. The zero-order valence-corrected chi connectivity index (χ0v) is 11.2. The van der Waals surface area contributed by atoms with Gasteiger partial charge in [-0.1, -0.05) is 6.42 Å². The van der Waals surface area contributed by atoms with Crippen molar-refractivity contribution in [2.75, 3.05) is 13.1 Å². The van der Waals surface area contributed by atoms with Crippen molar-refractivity contribution in [1.82, 2.24) is 25.4 Å². The van der Waals surface area contributed by atoms with E-state index in [-0.39, 0.29) is 0 Å². The molecule has 2 aliphatic rings. The van der Waals surface area contributed by atoms with Gasteiger partial charge in [-0.15, -0.1) is 10.2 Å². The van der Waals surface area contributed by atoms with Crippen molar-refractivity contribution in [3.05, 3.63) is 11.6 Å². The number of hydrogen-bond donors (Lipinski definition) is 2. The molecule has 2 unspecified atom stereocenters. The summed E-state index contributed by atoms with van der Waals surface area (Å²) in [6.07, 6.45) is 6.27. The summed E-state index contributed by atoms with van der Waals surface area (Å²) in [4.78, 5) is 0. The van der Waals surface area contributed by atoms with Gasteiger partial charge in [0.25, 0.3) is 0 Å². The molecule has 2 aliphatic heterocycles. The van der Waals surface area contributed by atoms with Crippen molar-refractivity contribution in [2.24, 2.45) is 0 Å². The van der Waals surface area contributed by atoms with E-state index < -0.39 is 0 Å². The second-order valence-corrected chi connectivity index (χ2v) is 5.51. The molecular weight excluding hydrogens is 226 g/mol. The number of aryl methyl sites for hydroxylation is 1. The van der Waals surface area contributed by atoms with Gasteiger partial charge in [-0.2, -0.15) is 0 Å². The molecule has 1 saturated heterocycles. The molecule has 100 valence electrons. The molecule has 5 heteroatoms. The summed E-state index contributed by atoms with van der Waals surface area (Å²) in [5.41, 5.74) is 0. The van der Waals surface area contributed by atoms with Gasteiger partial charge < -0.3 is 15.2 Å². The molecule has 1 aromatic rings. The second-order valence-electron chi connectivity index (χ2n) is 5.51. The largest absolute Gasteiger partial charge is 0.314 e. The Labute approximate surface area is 108 Å². The summed E-state index contributed by atoms with van der Waals surface area (Å²) in [6, 6.07) is 0.926. The molecule has 0 bridgehead atoms. The minimum Gasteiger partial charge on any atom is -0.314 e. The molecule has 2 atom stereocenters. The Kier molecular flexibility index (Phi) is 3.61. The summed E-state index contributed by atoms with van der Waals surface area (Å²) >= 11 is 0. The lowest BCUT2D eigenvalue weighted by molar-refractivity contribution is 0.366. The summed E-state index contributed by atoms with van der Waals surface area (Å²) in [5, 5.41) is 15.8. The molecule has 2 N–H and O–H groups in total. The normalized spacial score (nSPS) is 25.1. The van der Waals surface area contributed by atoms with Crippen LogP contribution in [-0.4, -0.2) is 33.9 Å². The highest BCUT2D eigenvalue weighted by Gasteiger charge is 2.22. The Morgan fingerprint density at radius 1 is 1.39 bits per heavy atom. The molecule has 1 fully saturated rings. The van der Waals surface area contributed by atoms with E-state index in [1.165, 1.54) is 32.2 Å². The van der Waals surface area contributed by atoms with Gasteiger partial charge in [0.1, 0.15) is 11.6 Å². The summed E-state index contributed by atoms with van der Waals surface area (Å²) in [7, 11) is 0. The number of hydrogen-bond acceptors (Lipinski definition) is 4. The van der Waals surface area contributed by atoms with E-state index in [1.807, 2.05) is 0 Å². The van der Waals surface area contributed by atoms with E-state index in [9.17, 15) is 0 Å². The Balaban J connectivity index is 1.55. The molecule has 0 aromatic carbocycles. The van der Waals surface area contributed by atoms with Crippen molar-refractivity contribution < 1.29 is 0 Å². The van der Waals surface area contributed by atoms with Gasteiger partial charge in [0.15, 0.2) is 0 Å². The first kappa shape index (κ1) is 12.1. The van der Waals surface area contributed by atoms with Crippen LogP contribution in [0.2, 0.25) is 0 Å². The smallest absolute Gasteiger partial charge is 0.149 e. The fourth-order valence-electron chi connectivity index (χ4n) is 3.00. The van der Waals surface area contributed by atoms with Gasteiger partial charge in [-0.3, -0.25) is 0 Å². The number of piperidine rings is 1. The van der Waals surface area contributed by atoms with Gasteiger partial charge in [0, 0.05) is 25.6 Å². The maximum Gasteiger partial charge on any atom is 0.149 e. The first-order chi connectivity index (χ1) is 8.84. The van der Waals surface area contributed by atoms with Crippen LogP contribution in [-0.2, 0) is 13.0 Å². The lowest BCUT2D eigenvalue weighted by Gasteiger charge is -2.25. The van der Waals surface area contributed by atoms with E-state index >= 15 is 0 Å². The number of nitrogens with zero attached hydrogens (tertiary/aromatic N) is 3. The van der Waals surface area contributed by atoms with Crippen molar-refractivity contribution in [3.63, 3.8) is 0 Å². The van der Waals surface area contributed by atoms with Crippen molar-refractivity contribution in [3.8, 4) is 0 Å². The topological polar surface area (TPSA) is 54.8 Å². The molecular formula is C13H23N5. The standard InChI is InChI=1S/C13H23N5/c1-10(15-9-11-5-2-3-7-14-11)13-17-16-12-6-4-8-18(12)13/h10-11,14-15H,2-9H2,1H3. The predicted octanol–water partition coefficient (Wildman–Crippen LogP) is 1.02. The molecule has 3 heterocycles. The van der Waals surface area contributed by atoms with Gasteiger partial charge in [-0.05, 0) is 32.7 Å². The Morgan fingerprint density at radius 2 is 2.33 bits per heavy atom. The maximum atomic E-state index is 4.33. The molecule has 1 aromatic heterocycles. The van der Waals surface area contributed by atoms with Crippen LogP contribution in [0.5, 0.6) is 0 Å². The summed E-state index contributed by atoms with van der Waals surface area (Å²) in [6.45, 7) is 5.48. The summed E-state index contributed by atoms with van der Waals surface area (Å²) < 4.78 is 2.28. The van der Waals surface area contributed by atoms with Gasteiger partial charge >= 0.3 is 0 Å². The van der Waals surface area contributed by atoms with Crippen LogP contribution in [0.15, 0.2) is 0 Å². The van der Waals surface area contributed by atoms with Crippen LogP contribution in [0.25, 0.3) is 0 Å². The number of aromatic nitrogens is 3. The Morgan fingerprint density at radius 3 is 3.17 bits per heavy atom. The molecule has 5 nitrogen and oxygen atoms in total. The molecule has 18 heavy (non-hydrogen) atoms. The van der Waals surface area contributed by atoms with Crippen LogP contribution >= 0.6 is 0 Å². The maximum absolute atomic E-state index is 4.33. The highest BCUT2D eigenvalue weighted by Crippen LogP contribution is 2.19. The van der Waals surface area contributed by atoms with Crippen LogP contribution in [0.3, 0.4) is 0 Å². The highest BCUT2D eigenvalue weighted by atomic mass is 15.3. The van der Waals surface area contributed by atoms with Gasteiger partial charge in [0.05, 0.1) is 6.04 Å². The fourth-order valence-corrected chi connectivity index (χ4v) is 3.00. The third-order valence-electron chi connectivity index (χ3n) is 4.11. The predicted molar refractivity (Wildman–Crippen MR) is 70.4 cm³/mol. The molecule has 0 spiro atoms. The first-order valence-corrected chi connectivity index (χ1v) is 7.23. The van der Waals surface area contributed by atoms with Crippen molar-refractivity contribution in [2.45, 2.75) is 57.7 Å². The zero-order chi connectivity index (χ0) is 12.4. The monoisotopic (exact) mass is 249 g/mol. The van der Waals surface area contributed by atoms with Gasteiger partial charge in [-0.25, -0.2) is 0 Å². The lowest BCUT2D eigenvalue weighted by Crippen LogP contribution is -2.42. The van der Waals surface area contributed by atoms with E-state index in [1.54, 1.807) is 0 Å².